The third kappa shape index (κ3) is 4.71. The second-order valence-corrected chi connectivity index (χ2v) is 12.5. The van der Waals surface area contributed by atoms with Gasteiger partial charge in [0.15, 0.2) is 5.65 Å². The lowest BCUT2D eigenvalue weighted by Crippen LogP contribution is -2.43. The molecule has 0 fully saturated rings. The molecule has 0 bridgehead atoms. The van der Waals surface area contributed by atoms with E-state index in [1.807, 2.05) is 34.2 Å². The van der Waals surface area contributed by atoms with Gasteiger partial charge in [-0.25, -0.2) is 14.4 Å². The average molecular weight is 640 g/mol. The molecule has 1 aliphatic carbocycles. The van der Waals surface area contributed by atoms with E-state index in [-0.39, 0.29) is 11.7 Å². The molecule has 0 spiro atoms. The molecule has 0 saturated carbocycles. The third-order valence-corrected chi connectivity index (χ3v) is 9.74. The van der Waals surface area contributed by atoms with Crippen LogP contribution in [0.1, 0.15) is 17.5 Å². The lowest BCUT2D eigenvalue weighted by atomic mass is 9.70. The summed E-state index contributed by atoms with van der Waals surface area (Å²) < 4.78 is 18.3. The van der Waals surface area contributed by atoms with E-state index in [4.69, 9.17) is 16.7 Å². The van der Waals surface area contributed by atoms with E-state index in [1.165, 1.54) is 12.1 Å². The average Bonchev–Trinajstić information content (AvgIpc) is 3.88. The number of thiazole rings is 1. The van der Waals surface area contributed by atoms with E-state index < -0.39 is 5.54 Å². The molecule has 7 aromatic rings. The first-order chi connectivity index (χ1) is 22.6. The van der Waals surface area contributed by atoms with Gasteiger partial charge in [0.25, 0.3) is 0 Å². The number of fused-ring (bicyclic) bond motifs is 1. The number of allylic oxidation sites excluding steroid dienone is 4. The molecule has 8 rings (SSSR count). The molecule has 0 amide bonds. The van der Waals surface area contributed by atoms with Crippen LogP contribution in [0, 0.1) is 11.7 Å². The zero-order valence-corrected chi connectivity index (χ0v) is 26.1. The third-order valence-electron chi connectivity index (χ3n) is 8.66. The summed E-state index contributed by atoms with van der Waals surface area (Å²) in [6.07, 6.45) is 17.3. The van der Waals surface area contributed by atoms with Gasteiger partial charge in [0.05, 0.1) is 11.2 Å². The predicted molar refractivity (Wildman–Crippen MR) is 183 cm³/mol. The Morgan fingerprint density at radius 2 is 1.59 bits per heavy atom. The summed E-state index contributed by atoms with van der Waals surface area (Å²) in [5, 5.41) is 8.71. The van der Waals surface area contributed by atoms with E-state index in [2.05, 4.69) is 93.7 Å². The Kier molecular flexibility index (Phi) is 7.20. The highest BCUT2D eigenvalue weighted by molar-refractivity contribution is 7.13. The Labute approximate surface area is 274 Å². The number of nitrogens with zero attached hydrogens (tertiary/aromatic N) is 5. The molecule has 4 aromatic heterocycles. The van der Waals surface area contributed by atoms with Crippen LogP contribution >= 0.6 is 22.9 Å². The number of halogens is 2. The SMILES string of the molecule is Fc1ccc(-c2nn(C(c3ccccc3)(c3ccccc3)C3C=CC=CC3)cc2-c2cc(Cl)c3ncc(-c4nccs4)n3c2)cc1. The summed E-state index contributed by atoms with van der Waals surface area (Å²) in [5.74, 6) is -0.255. The van der Waals surface area contributed by atoms with Crippen LogP contribution in [0.4, 0.5) is 4.39 Å². The van der Waals surface area contributed by atoms with Gasteiger partial charge >= 0.3 is 0 Å². The van der Waals surface area contributed by atoms with Crippen LogP contribution in [-0.4, -0.2) is 24.1 Å². The summed E-state index contributed by atoms with van der Waals surface area (Å²) in [4.78, 5) is 9.13. The maximum Gasteiger partial charge on any atom is 0.156 e. The number of pyridine rings is 1. The lowest BCUT2D eigenvalue weighted by molar-refractivity contribution is 0.293. The summed E-state index contributed by atoms with van der Waals surface area (Å²) in [6.45, 7) is 0. The number of hydrogen-bond donors (Lipinski definition) is 0. The van der Waals surface area contributed by atoms with Crippen molar-refractivity contribution < 1.29 is 4.39 Å². The van der Waals surface area contributed by atoms with Crippen molar-refractivity contribution in [1.29, 1.82) is 0 Å². The minimum atomic E-state index is -0.703. The highest BCUT2D eigenvalue weighted by atomic mass is 35.5. The van der Waals surface area contributed by atoms with Gasteiger partial charge < -0.3 is 0 Å². The summed E-state index contributed by atoms with van der Waals surface area (Å²) >= 11 is 8.47. The summed E-state index contributed by atoms with van der Waals surface area (Å²) in [5.41, 5.74) is 6.25. The molecule has 1 aliphatic rings. The fourth-order valence-corrected chi connectivity index (χ4v) is 7.49. The number of benzene rings is 3. The Balaban J connectivity index is 1.44. The molecule has 0 saturated heterocycles. The minimum Gasteiger partial charge on any atom is -0.296 e. The molecule has 3 aromatic carbocycles. The zero-order valence-electron chi connectivity index (χ0n) is 24.5. The van der Waals surface area contributed by atoms with Gasteiger partial charge in [-0.2, -0.15) is 5.10 Å². The molecule has 8 heteroatoms. The maximum absolute atomic E-state index is 14.2. The van der Waals surface area contributed by atoms with Crippen LogP contribution in [0.3, 0.4) is 0 Å². The van der Waals surface area contributed by atoms with Gasteiger partial charge in [0, 0.05) is 46.6 Å². The highest BCUT2D eigenvalue weighted by Crippen LogP contribution is 2.46. The van der Waals surface area contributed by atoms with E-state index >= 15 is 0 Å². The van der Waals surface area contributed by atoms with Crippen molar-refractivity contribution in [1.82, 2.24) is 24.1 Å². The topological polar surface area (TPSA) is 48.0 Å². The molecular formula is C38H27ClFN5S. The van der Waals surface area contributed by atoms with Gasteiger partial charge in [-0.05, 0) is 47.9 Å². The lowest BCUT2D eigenvalue weighted by Gasteiger charge is -2.41. The molecule has 5 nitrogen and oxygen atoms in total. The van der Waals surface area contributed by atoms with Crippen molar-refractivity contribution in [2.75, 3.05) is 0 Å². The molecule has 0 N–H and O–H groups in total. The fourth-order valence-electron chi connectivity index (χ4n) is 6.59. The van der Waals surface area contributed by atoms with Crippen LogP contribution in [-0.2, 0) is 5.54 Å². The molecular weight excluding hydrogens is 613 g/mol. The first-order valence-electron chi connectivity index (χ1n) is 15.0. The summed E-state index contributed by atoms with van der Waals surface area (Å²) in [6, 6.07) is 29.5. The van der Waals surface area contributed by atoms with Gasteiger partial charge in [-0.3, -0.25) is 9.08 Å². The van der Waals surface area contributed by atoms with Crippen LogP contribution in [0.2, 0.25) is 5.02 Å². The van der Waals surface area contributed by atoms with Crippen LogP contribution in [0.25, 0.3) is 38.7 Å². The second-order valence-electron chi connectivity index (χ2n) is 11.2. The molecule has 1 atom stereocenters. The zero-order chi connectivity index (χ0) is 31.1. The van der Waals surface area contributed by atoms with Crippen molar-refractivity contribution in [2.45, 2.75) is 12.0 Å². The molecule has 4 heterocycles. The van der Waals surface area contributed by atoms with Crippen LogP contribution in [0.5, 0.6) is 0 Å². The van der Waals surface area contributed by atoms with Crippen LogP contribution in [0.15, 0.2) is 145 Å². The van der Waals surface area contributed by atoms with Crippen molar-refractivity contribution in [3.05, 3.63) is 167 Å². The molecule has 46 heavy (non-hydrogen) atoms. The first kappa shape index (κ1) is 28.4. The molecule has 1 unspecified atom stereocenters. The van der Waals surface area contributed by atoms with Crippen molar-refractivity contribution >= 4 is 28.6 Å². The predicted octanol–water partition coefficient (Wildman–Crippen LogP) is 9.70. The van der Waals surface area contributed by atoms with Gasteiger partial charge in [-0.1, -0.05) is 96.6 Å². The molecule has 0 radical (unpaired) electrons. The summed E-state index contributed by atoms with van der Waals surface area (Å²) in [7, 11) is 0. The monoisotopic (exact) mass is 639 g/mol. The fraction of sp³-hybridized carbons (Fsp3) is 0.0789. The van der Waals surface area contributed by atoms with Crippen molar-refractivity contribution in [2.24, 2.45) is 5.92 Å². The standard InChI is InChI=1S/C38H27ClFN5S/c39-33-22-27(24-44-34(23-42-36(33)44)37-41-20-21-46-37)32-25-45(43-35(32)26-16-18-31(40)19-17-26)38(28-10-4-1-5-11-28,29-12-6-2-7-13-29)30-14-8-3-9-15-30/h1-14,16-25,30H,15H2. The van der Waals surface area contributed by atoms with Crippen molar-refractivity contribution in [3.63, 3.8) is 0 Å². The van der Waals surface area contributed by atoms with Crippen LogP contribution < -0.4 is 0 Å². The number of aromatic nitrogens is 5. The van der Waals surface area contributed by atoms with E-state index in [1.54, 1.807) is 35.9 Å². The number of hydrogen-bond acceptors (Lipinski definition) is 4. The minimum absolute atomic E-state index is 0.0485. The quantitative estimate of drug-likeness (QED) is 0.174. The largest absolute Gasteiger partial charge is 0.296 e. The van der Waals surface area contributed by atoms with E-state index in [9.17, 15) is 4.39 Å². The first-order valence-corrected chi connectivity index (χ1v) is 16.3. The highest BCUT2D eigenvalue weighted by Gasteiger charge is 2.44. The van der Waals surface area contributed by atoms with Gasteiger partial charge in [0.1, 0.15) is 27.8 Å². The second kappa shape index (κ2) is 11.7. The number of rotatable bonds is 7. The normalized spacial score (nSPS) is 14.7. The Morgan fingerprint density at radius 1 is 0.848 bits per heavy atom. The molecule has 224 valence electrons. The smallest absolute Gasteiger partial charge is 0.156 e. The van der Waals surface area contributed by atoms with E-state index in [0.717, 1.165) is 50.6 Å². The Morgan fingerprint density at radius 3 is 2.24 bits per heavy atom. The van der Waals surface area contributed by atoms with E-state index in [0.29, 0.717) is 10.7 Å². The van der Waals surface area contributed by atoms with Crippen molar-refractivity contribution in [3.8, 4) is 33.1 Å². The number of imidazole rings is 1. The maximum atomic E-state index is 14.2. The Bertz CT molecular complexity index is 2160. The van der Waals surface area contributed by atoms with Gasteiger partial charge in [0.2, 0.25) is 0 Å². The van der Waals surface area contributed by atoms with Gasteiger partial charge in [-0.15, -0.1) is 11.3 Å². The Hall–Kier alpha value is -5.11. The molecule has 0 aliphatic heterocycles.